The van der Waals surface area contributed by atoms with Crippen LogP contribution < -0.4 is 14.2 Å². The summed E-state index contributed by atoms with van der Waals surface area (Å²) in [6.45, 7) is 1.90. The van der Waals surface area contributed by atoms with Crippen molar-refractivity contribution in [3.8, 4) is 28.8 Å². The molecule has 0 amide bonds. The normalized spacial score (nSPS) is 11.5. The molecule has 3 N–H and O–H groups in total. The van der Waals surface area contributed by atoms with E-state index >= 15 is 0 Å². The number of anilines is 1. The van der Waals surface area contributed by atoms with Crippen LogP contribution in [0.25, 0.3) is 22.2 Å². The zero-order valence-electron chi connectivity index (χ0n) is 16.7. The summed E-state index contributed by atoms with van der Waals surface area (Å²) in [6, 6.07) is 3.51. The summed E-state index contributed by atoms with van der Waals surface area (Å²) >= 11 is 0. The smallest absolute Gasteiger partial charge is 0.266 e. The lowest BCUT2D eigenvalue weighted by Crippen LogP contribution is -2.15. The van der Waals surface area contributed by atoms with E-state index in [1.807, 2.05) is 13.0 Å². The van der Waals surface area contributed by atoms with Crippen LogP contribution in [-0.4, -0.2) is 52.7 Å². The van der Waals surface area contributed by atoms with Gasteiger partial charge < -0.3 is 19.6 Å². The van der Waals surface area contributed by atoms with E-state index in [9.17, 15) is 13.5 Å². The van der Waals surface area contributed by atoms with Crippen molar-refractivity contribution in [3.05, 3.63) is 42.5 Å². The van der Waals surface area contributed by atoms with E-state index < -0.39 is 15.8 Å². The third-order valence-corrected chi connectivity index (χ3v) is 5.94. The van der Waals surface area contributed by atoms with Crippen LogP contribution in [0.1, 0.15) is 5.56 Å². The van der Waals surface area contributed by atoms with Gasteiger partial charge >= 0.3 is 0 Å². The first-order chi connectivity index (χ1) is 14.9. The Morgan fingerprint density at radius 3 is 2.42 bits per heavy atom. The molecular formula is C19H18N6O5S. The van der Waals surface area contributed by atoms with Crippen molar-refractivity contribution in [1.82, 2.24) is 24.9 Å². The molecule has 3 aromatic heterocycles. The lowest BCUT2D eigenvalue weighted by molar-refractivity contribution is 0.321. The molecule has 0 fully saturated rings. The van der Waals surface area contributed by atoms with E-state index in [1.54, 1.807) is 24.7 Å². The van der Waals surface area contributed by atoms with Gasteiger partial charge in [0.25, 0.3) is 21.8 Å². The SMILES string of the molecule is COc1nc(NS(=O)(=O)c2c[nH]c3c(-c4cnccn4)c(C)ccc23)nc(OC)c1O. The van der Waals surface area contributed by atoms with Crippen LogP contribution in [0.2, 0.25) is 0 Å². The fraction of sp³-hybridized carbons (Fsp3) is 0.158. The Bertz CT molecular complexity index is 1350. The number of nitrogens with one attached hydrogen (secondary N) is 2. The standard InChI is InChI=1S/C19H18N6O5S/c1-10-4-5-11-13(9-22-15(11)14(10)12-8-20-6-7-21-12)31(27,28)25-19-23-17(29-2)16(26)18(24-19)30-3/h4-9,22,26H,1-3H3,(H,23,24,25). The number of rotatable bonds is 6. The highest BCUT2D eigenvalue weighted by Crippen LogP contribution is 2.36. The Morgan fingerprint density at radius 2 is 1.81 bits per heavy atom. The largest absolute Gasteiger partial charge is 0.499 e. The lowest BCUT2D eigenvalue weighted by atomic mass is 10.0. The molecular weight excluding hydrogens is 424 g/mol. The Balaban J connectivity index is 1.81. The van der Waals surface area contributed by atoms with Crippen LogP contribution in [-0.2, 0) is 10.0 Å². The highest BCUT2D eigenvalue weighted by molar-refractivity contribution is 7.93. The first-order valence-corrected chi connectivity index (χ1v) is 10.4. The number of H-pyrrole nitrogens is 1. The van der Waals surface area contributed by atoms with Gasteiger partial charge in [0, 0.05) is 29.5 Å². The van der Waals surface area contributed by atoms with Crippen LogP contribution >= 0.6 is 0 Å². The Morgan fingerprint density at radius 1 is 1.10 bits per heavy atom. The fourth-order valence-corrected chi connectivity index (χ4v) is 4.29. The first-order valence-electron chi connectivity index (χ1n) is 8.94. The fourth-order valence-electron chi connectivity index (χ4n) is 3.18. The molecule has 160 valence electrons. The van der Waals surface area contributed by atoms with Gasteiger partial charge in [-0.2, -0.15) is 9.97 Å². The molecule has 3 heterocycles. The van der Waals surface area contributed by atoms with Crippen LogP contribution in [0.3, 0.4) is 0 Å². The molecule has 4 rings (SSSR count). The van der Waals surface area contributed by atoms with Crippen molar-refractivity contribution in [1.29, 1.82) is 0 Å². The highest BCUT2D eigenvalue weighted by atomic mass is 32.2. The molecule has 0 aliphatic rings. The number of hydrogen-bond donors (Lipinski definition) is 3. The number of aromatic nitrogens is 5. The van der Waals surface area contributed by atoms with Gasteiger partial charge in [0.2, 0.25) is 11.7 Å². The summed E-state index contributed by atoms with van der Waals surface area (Å²) in [5, 5.41) is 10.4. The summed E-state index contributed by atoms with van der Waals surface area (Å²) in [5.41, 5.74) is 2.86. The predicted octanol–water partition coefficient (Wildman–Crippen LogP) is 2.25. The molecule has 4 aromatic rings. The molecule has 0 saturated carbocycles. The molecule has 0 bridgehead atoms. The van der Waals surface area contributed by atoms with Crippen molar-refractivity contribution >= 4 is 26.9 Å². The Labute approximate surface area is 177 Å². The number of nitrogens with zero attached hydrogens (tertiary/aromatic N) is 4. The van der Waals surface area contributed by atoms with Crippen molar-refractivity contribution in [2.24, 2.45) is 0 Å². The highest BCUT2D eigenvalue weighted by Gasteiger charge is 2.24. The van der Waals surface area contributed by atoms with E-state index in [0.717, 1.165) is 11.1 Å². The minimum atomic E-state index is -4.11. The van der Waals surface area contributed by atoms with Crippen LogP contribution in [0.4, 0.5) is 5.95 Å². The molecule has 0 spiro atoms. The number of benzene rings is 1. The molecule has 31 heavy (non-hydrogen) atoms. The van der Waals surface area contributed by atoms with Crippen LogP contribution in [0.15, 0.2) is 41.8 Å². The summed E-state index contributed by atoms with van der Waals surface area (Å²) in [6.07, 6.45) is 6.12. The number of hydrogen-bond acceptors (Lipinski definition) is 9. The van der Waals surface area contributed by atoms with Crippen LogP contribution in [0.5, 0.6) is 17.5 Å². The molecule has 0 unspecified atom stereocenters. The number of methoxy groups -OCH3 is 2. The average Bonchev–Trinajstić information content (AvgIpc) is 3.20. The number of ether oxygens (including phenoxy) is 2. The Hall–Kier alpha value is -3.93. The molecule has 11 nitrogen and oxygen atoms in total. The van der Waals surface area contributed by atoms with Gasteiger partial charge in [0.1, 0.15) is 4.90 Å². The second-order valence-corrected chi connectivity index (χ2v) is 8.09. The minimum Gasteiger partial charge on any atom is -0.499 e. The van der Waals surface area contributed by atoms with Crippen molar-refractivity contribution in [3.63, 3.8) is 0 Å². The molecule has 0 aliphatic heterocycles. The minimum absolute atomic E-state index is 0.0118. The van der Waals surface area contributed by atoms with Gasteiger partial charge in [-0.3, -0.25) is 9.97 Å². The van der Waals surface area contributed by atoms with Crippen LogP contribution in [0, 0.1) is 6.92 Å². The van der Waals surface area contributed by atoms with Gasteiger partial charge in [0.05, 0.1) is 31.6 Å². The van der Waals surface area contributed by atoms with E-state index in [0.29, 0.717) is 16.6 Å². The second-order valence-electron chi connectivity index (χ2n) is 6.44. The van der Waals surface area contributed by atoms with Gasteiger partial charge in [-0.1, -0.05) is 12.1 Å². The molecule has 0 radical (unpaired) electrons. The lowest BCUT2D eigenvalue weighted by Gasteiger charge is -2.11. The monoisotopic (exact) mass is 442 g/mol. The third kappa shape index (κ3) is 3.57. The number of sulfonamides is 1. The average molecular weight is 442 g/mol. The molecule has 0 atom stereocenters. The summed E-state index contributed by atoms with van der Waals surface area (Å²) in [7, 11) is -1.56. The number of aromatic hydroxyl groups is 1. The maximum absolute atomic E-state index is 13.1. The number of aryl methyl sites for hydroxylation is 1. The Kier molecular flexibility index (Phi) is 5.07. The second kappa shape index (κ2) is 7.72. The maximum Gasteiger partial charge on any atom is 0.266 e. The maximum atomic E-state index is 13.1. The van der Waals surface area contributed by atoms with Crippen molar-refractivity contribution < 1.29 is 23.0 Å². The van der Waals surface area contributed by atoms with Crippen molar-refractivity contribution in [2.75, 3.05) is 18.9 Å². The zero-order valence-corrected chi connectivity index (χ0v) is 17.6. The number of aromatic amines is 1. The van der Waals surface area contributed by atoms with E-state index in [1.165, 1.54) is 20.4 Å². The van der Waals surface area contributed by atoms with Gasteiger partial charge in [-0.15, -0.1) is 0 Å². The van der Waals surface area contributed by atoms with E-state index in [-0.39, 0.29) is 22.6 Å². The third-order valence-electron chi connectivity index (χ3n) is 4.57. The predicted molar refractivity (Wildman–Crippen MR) is 112 cm³/mol. The zero-order chi connectivity index (χ0) is 22.2. The van der Waals surface area contributed by atoms with E-state index in [2.05, 4.69) is 29.6 Å². The molecule has 12 heteroatoms. The summed E-state index contributed by atoms with van der Waals surface area (Å²) < 4.78 is 38.4. The van der Waals surface area contributed by atoms with Gasteiger partial charge in [-0.05, 0) is 12.5 Å². The molecule has 0 saturated heterocycles. The topological polar surface area (TPSA) is 152 Å². The summed E-state index contributed by atoms with van der Waals surface area (Å²) in [4.78, 5) is 19.2. The van der Waals surface area contributed by atoms with Gasteiger partial charge in [-0.25, -0.2) is 13.1 Å². The molecule has 1 aromatic carbocycles. The van der Waals surface area contributed by atoms with Crippen molar-refractivity contribution in [2.45, 2.75) is 11.8 Å². The summed E-state index contributed by atoms with van der Waals surface area (Å²) in [5.74, 6) is -1.22. The number of fused-ring (bicyclic) bond motifs is 1. The molecule has 0 aliphatic carbocycles. The quantitative estimate of drug-likeness (QED) is 0.408. The first kappa shape index (κ1) is 20.3. The van der Waals surface area contributed by atoms with E-state index in [4.69, 9.17) is 9.47 Å². The van der Waals surface area contributed by atoms with Gasteiger partial charge in [0.15, 0.2) is 0 Å².